The van der Waals surface area contributed by atoms with E-state index in [1.54, 1.807) is 11.1 Å². The standard InChI is InChI=1S/C17H19N3O/c1-12(13-6-5-9-18-11-13)19-15-10-17(21)20(2)16-8-4-3-7-14(15)16/h3-9,11-12,15,19H,10H2,1-2H3/t12-,15?/m0/s1. The molecule has 0 saturated carbocycles. The lowest BCUT2D eigenvalue weighted by Crippen LogP contribution is -2.38. The van der Waals surface area contributed by atoms with Gasteiger partial charge in [-0.15, -0.1) is 0 Å². The molecule has 2 atom stereocenters. The Morgan fingerprint density at radius 3 is 2.86 bits per heavy atom. The van der Waals surface area contributed by atoms with Crippen molar-refractivity contribution in [3.63, 3.8) is 0 Å². The van der Waals surface area contributed by atoms with Crippen LogP contribution < -0.4 is 10.2 Å². The Kier molecular flexibility index (Phi) is 3.71. The van der Waals surface area contributed by atoms with Crippen molar-refractivity contribution in [2.45, 2.75) is 25.4 Å². The summed E-state index contributed by atoms with van der Waals surface area (Å²) in [5.74, 6) is 0.143. The number of amides is 1. The van der Waals surface area contributed by atoms with Gasteiger partial charge in [0.25, 0.3) is 0 Å². The fourth-order valence-electron chi connectivity index (χ4n) is 2.82. The highest BCUT2D eigenvalue weighted by Crippen LogP contribution is 2.34. The van der Waals surface area contributed by atoms with E-state index in [2.05, 4.69) is 23.3 Å². The van der Waals surface area contributed by atoms with E-state index in [9.17, 15) is 4.79 Å². The summed E-state index contributed by atoms with van der Waals surface area (Å²) in [6, 6.07) is 12.2. The number of nitrogens with zero attached hydrogens (tertiary/aromatic N) is 2. The fourth-order valence-corrected chi connectivity index (χ4v) is 2.82. The Labute approximate surface area is 124 Å². The molecule has 2 aromatic rings. The molecule has 0 aliphatic carbocycles. The van der Waals surface area contributed by atoms with Gasteiger partial charge in [-0.25, -0.2) is 0 Å². The zero-order valence-electron chi connectivity index (χ0n) is 12.3. The van der Waals surface area contributed by atoms with E-state index in [4.69, 9.17) is 0 Å². The molecule has 0 bridgehead atoms. The van der Waals surface area contributed by atoms with Crippen LogP contribution in [0.3, 0.4) is 0 Å². The zero-order chi connectivity index (χ0) is 14.8. The second-order valence-electron chi connectivity index (χ2n) is 5.44. The van der Waals surface area contributed by atoms with Gasteiger partial charge >= 0.3 is 0 Å². The highest BCUT2D eigenvalue weighted by molar-refractivity contribution is 5.96. The lowest BCUT2D eigenvalue weighted by molar-refractivity contribution is -0.119. The first-order chi connectivity index (χ1) is 10.2. The molecule has 2 heterocycles. The minimum Gasteiger partial charge on any atom is -0.315 e. The summed E-state index contributed by atoms with van der Waals surface area (Å²) in [6.07, 6.45) is 4.11. The maximum absolute atomic E-state index is 12.2. The molecule has 1 N–H and O–H groups in total. The van der Waals surface area contributed by atoms with E-state index in [-0.39, 0.29) is 18.0 Å². The molecule has 1 aromatic heterocycles. The largest absolute Gasteiger partial charge is 0.315 e. The van der Waals surface area contributed by atoms with Gasteiger partial charge in [-0.1, -0.05) is 24.3 Å². The molecule has 108 valence electrons. The van der Waals surface area contributed by atoms with Crippen molar-refractivity contribution in [1.82, 2.24) is 10.3 Å². The maximum Gasteiger partial charge on any atom is 0.228 e. The molecular formula is C17H19N3O. The van der Waals surface area contributed by atoms with E-state index in [0.29, 0.717) is 6.42 Å². The summed E-state index contributed by atoms with van der Waals surface area (Å²) < 4.78 is 0. The number of hydrogen-bond acceptors (Lipinski definition) is 3. The summed E-state index contributed by atoms with van der Waals surface area (Å²) in [5.41, 5.74) is 3.29. The van der Waals surface area contributed by atoms with Gasteiger partial charge in [0.05, 0.1) is 0 Å². The Morgan fingerprint density at radius 2 is 2.10 bits per heavy atom. The number of rotatable bonds is 3. The third-order valence-electron chi connectivity index (χ3n) is 4.06. The van der Waals surface area contributed by atoms with Crippen molar-refractivity contribution in [2.75, 3.05) is 11.9 Å². The molecule has 1 aliphatic rings. The van der Waals surface area contributed by atoms with Gasteiger partial charge in [-0.3, -0.25) is 9.78 Å². The van der Waals surface area contributed by atoms with Crippen molar-refractivity contribution < 1.29 is 4.79 Å². The van der Waals surface area contributed by atoms with Gasteiger partial charge in [0.2, 0.25) is 5.91 Å². The van der Waals surface area contributed by atoms with Crippen molar-refractivity contribution >= 4 is 11.6 Å². The van der Waals surface area contributed by atoms with Crippen molar-refractivity contribution in [3.8, 4) is 0 Å². The summed E-state index contributed by atoms with van der Waals surface area (Å²) >= 11 is 0. The molecular weight excluding hydrogens is 262 g/mol. The number of aromatic nitrogens is 1. The molecule has 1 aromatic carbocycles. The summed E-state index contributed by atoms with van der Waals surface area (Å²) in [4.78, 5) is 18.1. The quantitative estimate of drug-likeness (QED) is 0.941. The molecule has 1 aliphatic heterocycles. The molecule has 3 rings (SSSR count). The molecule has 4 nitrogen and oxygen atoms in total. The lowest BCUT2D eigenvalue weighted by atomic mass is 9.95. The van der Waals surface area contributed by atoms with Crippen molar-refractivity contribution in [1.29, 1.82) is 0 Å². The topological polar surface area (TPSA) is 45.2 Å². The van der Waals surface area contributed by atoms with Gasteiger partial charge in [0.15, 0.2) is 0 Å². The van der Waals surface area contributed by atoms with Crippen LogP contribution >= 0.6 is 0 Å². The third kappa shape index (κ3) is 2.67. The number of carbonyl (C=O) groups excluding carboxylic acids is 1. The van der Waals surface area contributed by atoms with Gasteiger partial charge in [0.1, 0.15) is 0 Å². The minimum absolute atomic E-state index is 0.0418. The molecule has 1 amide bonds. The van der Waals surface area contributed by atoms with Crippen LogP contribution in [0.25, 0.3) is 0 Å². The second kappa shape index (κ2) is 5.66. The highest BCUT2D eigenvalue weighted by atomic mass is 16.2. The predicted molar refractivity (Wildman–Crippen MR) is 83.0 cm³/mol. The number of nitrogens with one attached hydrogen (secondary N) is 1. The smallest absolute Gasteiger partial charge is 0.228 e. The van der Waals surface area contributed by atoms with Crippen LogP contribution in [0.4, 0.5) is 5.69 Å². The molecule has 21 heavy (non-hydrogen) atoms. The maximum atomic E-state index is 12.2. The van der Waals surface area contributed by atoms with Crippen LogP contribution in [0.15, 0.2) is 48.8 Å². The number of hydrogen-bond donors (Lipinski definition) is 1. The molecule has 0 fully saturated rings. The summed E-state index contributed by atoms with van der Waals surface area (Å²) in [5, 5.41) is 3.55. The fraction of sp³-hybridized carbons (Fsp3) is 0.294. The molecule has 0 radical (unpaired) electrons. The van der Waals surface area contributed by atoms with Gasteiger partial charge in [-0.05, 0) is 30.2 Å². The van der Waals surface area contributed by atoms with E-state index in [1.807, 2.05) is 43.6 Å². The number of fused-ring (bicyclic) bond motifs is 1. The zero-order valence-corrected chi connectivity index (χ0v) is 12.3. The Morgan fingerprint density at radius 1 is 1.29 bits per heavy atom. The minimum atomic E-state index is 0.0418. The first-order valence-electron chi connectivity index (χ1n) is 7.18. The number of anilines is 1. The number of benzene rings is 1. The average molecular weight is 281 g/mol. The summed E-state index contributed by atoms with van der Waals surface area (Å²) in [7, 11) is 1.84. The van der Waals surface area contributed by atoms with Crippen LogP contribution in [0.5, 0.6) is 0 Å². The van der Waals surface area contributed by atoms with Crippen LogP contribution in [-0.4, -0.2) is 17.9 Å². The summed E-state index contributed by atoms with van der Waals surface area (Å²) in [6.45, 7) is 2.10. The molecule has 4 heteroatoms. The molecule has 0 saturated heterocycles. The third-order valence-corrected chi connectivity index (χ3v) is 4.06. The first-order valence-corrected chi connectivity index (χ1v) is 7.18. The van der Waals surface area contributed by atoms with Crippen LogP contribution in [0, 0.1) is 0 Å². The second-order valence-corrected chi connectivity index (χ2v) is 5.44. The number of para-hydroxylation sites is 1. The van der Waals surface area contributed by atoms with Crippen molar-refractivity contribution in [2.24, 2.45) is 0 Å². The Bertz CT molecular complexity index is 641. The van der Waals surface area contributed by atoms with Crippen LogP contribution in [0.1, 0.15) is 36.6 Å². The van der Waals surface area contributed by atoms with E-state index in [0.717, 1.165) is 11.3 Å². The molecule has 0 spiro atoms. The Balaban J connectivity index is 1.86. The van der Waals surface area contributed by atoms with Gasteiger partial charge in [0, 0.05) is 43.6 Å². The SMILES string of the molecule is C[C@H](NC1CC(=O)N(C)c2ccccc21)c1cccnc1. The molecule has 1 unspecified atom stereocenters. The van der Waals surface area contributed by atoms with Crippen molar-refractivity contribution in [3.05, 3.63) is 59.9 Å². The monoisotopic (exact) mass is 281 g/mol. The van der Waals surface area contributed by atoms with Gasteiger partial charge in [-0.2, -0.15) is 0 Å². The van der Waals surface area contributed by atoms with E-state index >= 15 is 0 Å². The van der Waals surface area contributed by atoms with E-state index in [1.165, 1.54) is 5.56 Å². The van der Waals surface area contributed by atoms with E-state index < -0.39 is 0 Å². The first kappa shape index (κ1) is 13.8. The number of carbonyl (C=O) groups is 1. The predicted octanol–water partition coefficient (Wildman–Crippen LogP) is 2.84. The lowest BCUT2D eigenvalue weighted by Gasteiger charge is -2.33. The normalized spacial score (nSPS) is 19.2. The number of pyridine rings is 1. The van der Waals surface area contributed by atoms with Crippen LogP contribution in [0.2, 0.25) is 0 Å². The highest BCUT2D eigenvalue weighted by Gasteiger charge is 2.29. The van der Waals surface area contributed by atoms with Gasteiger partial charge < -0.3 is 10.2 Å². The van der Waals surface area contributed by atoms with Crippen LogP contribution in [-0.2, 0) is 4.79 Å². The Hall–Kier alpha value is -2.20. The average Bonchev–Trinajstić information content (AvgIpc) is 2.53.